The van der Waals surface area contributed by atoms with E-state index in [4.69, 9.17) is 0 Å². The summed E-state index contributed by atoms with van der Waals surface area (Å²) in [5, 5.41) is 6.73. The lowest BCUT2D eigenvalue weighted by molar-refractivity contribution is -0.678. The van der Waals surface area contributed by atoms with Crippen molar-refractivity contribution >= 4 is 16.9 Å². The molecule has 0 aromatic heterocycles. The third-order valence-corrected chi connectivity index (χ3v) is 2.62. The largest absolute Gasteiger partial charge is 0.363 e. The van der Waals surface area contributed by atoms with Gasteiger partial charge in [0, 0.05) is 6.54 Å². The second kappa shape index (κ2) is 5.43. The molecule has 1 aliphatic rings. The van der Waals surface area contributed by atoms with Gasteiger partial charge in [0.05, 0.1) is 24.9 Å². The van der Waals surface area contributed by atoms with Gasteiger partial charge in [0.25, 0.3) is 0 Å². The second-order valence-corrected chi connectivity index (χ2v) is 4.31. The van der Waals surface area contributed by atoms with Crippen LogP contribution < -0.4 is 10.6 Å². The van der Waals surface area contributed by atoms with Crippen molar-refractivity contribution in [2.75, 3.05) is 25.4 Å². The van der Waals surface area contributed by atoms with Crippen LogP contribution in [0.4, 0.5) is 0 Å². The fourth-order valence-electron chi connectivity index (χ4n) is 1.03. The summed E-state index contributed by atoms with van der Waals surface area (Å²) in [6.07, 6.45) is 0. The van der Waals surface area contributed by atoms with E-state index in [1.807, 2.05) is 11.8 Å². The molecule has 0 unspecified atom stereocenters. The molecule has 0 bridgehead atoms. The van der Waals surface area contributed by atoms with Crippen molar-refractivity contribution in [2.45, 2.75) is 19.9 Å². The minimum absolute atomic E-state index is 0.712. The highest BCUT2D eigenvalue weighted by molar-refractivity contribution is 8.13. The minimum Gasteiger partial charge on any atom is -0.363 e. The first-order valence-corrected chi connectivity index (χ1v) is 5.52. The number of amidine groups is 1. The molecule has 0 aromatic rings. The molecular formula is C8H18N3S+. The van der Waals surface area contributed by atoms with E-state index in [9.17, 15) is 0 Å². The number of hydrogen-bond donors (Lipinski definition) is 2. The molecule has 1 heterocycles. The van der Waals surface area contributed by atoms with Gasteiger partial charge in [-0.05, 0) is 13.8 Å². The first-order chi connectivity index (χ1) is 5.79. The molecule has 12 heavy (non-hydrogen) atoms. The number of hydrogen-bond acceptors (Lipinski definition) is 3. The van der Waals surface area contributed by atoms with E-state index in [1.165, 1.54) is 6.54 Å². The summed E-state index contributed by atoms with van der Waals surface area (Å²) in [6.45, 7) is 7.60. The second-order valence-electron chi connectivity index (χ2n) is 3.23. The highest BCUT2D eigenvalue weighted by Gasteiger charge is 2.05. The number of nitrogens with zero attached hydrogens (tertiary/aromatic N) is 1. The Balaban J connectivity index is 1.95. The van der Waals surface area contributed by atoms with Crippen LogP contribution in [-0.2, 0) is 0 Å². The van der Waals surface area contributed by atoms with Gasteiger partial charge in [-0.1, -0.05) is 11.8 Å². The van der Waals surface area contributed by atoms with Crippen LogP contribution in [0.1, 0.15) is 13.8 Å². The number of aliphatic imine (C=N–C) groups is 1. The molecule has 4 heteroatoms. The topological polar surface area (TPSA) is 41.0 Å². The molecule has 3 nitrogen and oxygen atoms in total. The van der Waals surface area contributed by atoms with E-state index in [1.54, 1.807) is 0 Å². The summed E-state index contributed by atoms with van der Waals surface area (Å²) in [5.74, 6) is 1.16. The SMILES string of the molecule is CC(C)[NH2+]CCSC1=NCCN1. The Morgan fingerprint density at radius 2 is 2.50 bits per heavy atom. The molecule has 0 saturated heterocycles. The number of nitrogens with two attached hydrogens (primary N) is 1. The first-order valence-electron chi connectivity index (χ1n) is 4.53. The Bertz CT molecular complexity index is 156. The summed E-state index contributed by atoms with van der Waals surface area (Å²) in [7, 11) is 0. The molecule has 0 saturated carbocycles. The lowest BCUT2D eigenvalue weighted by atomic mass is 10.4. The minimum atomic E-state index is 0.712. The fourth-order valence-corrected chi connectivity index (χ4v) is 1.86. The van der Waals surface area contributed by atoms with E-state index in [2.05, 4.69) is 29.5 Å². The van der Waals surface area contributed by atoms with E-state index < -0.39 is 0 Å². The van der Waals surface area contributed by atoms with Gasteiger partial charge in [-0.3, -0.25) is 4.99 Å². The third-order valence-electron chi connectivity index (χ3n) is 1.64. The number of thioether (sulfide) groups is 1. The van der Waals surface area contributed by atoms with E-state index in [-0.39, 0.29) is 0 Å². The maximum atomic E-state index is 4.31. The van der Waals surface area contributed by atoms with Crippen molar-refractivity contribution in [2.24, 2.45) is 4.99 Å². The quantitative estimate of drug-likeness (QED) is 0.592. The molecule has 0 atom stereocenters. The highest BCUT2D eigenvalue weighted by Crippen LogP contribution is 2.02. The van der Waals surface area contributed by atoms with Gasteiger partial charge in [-0.15, -0.1) is 0 Å². The Labute approximate surface area is 78.4 Å². The van der Waals surface area contributed by atoms with Crippen molar-refractivity contribution < 1.29 is 5.32 Å². The molecule has 3 N–H and O–H groups in total. The molecule has 0 radical (unpaired) electrons. The Morgan fingerprint density at radius 3 is 3.08 bits per heavy atom. The molecule has 0 amide bonds. The maximum absolute atomic E-state index is 4.31. The van der Waals surface area contributed by atoms with Crippen molar-refractivity contribution in [3.63, 3.8) is 0 Å². The van der Waals surface area contributed by atoms with Crippen LogP contribution in [0.15, 0.2) is 4.99 Å². The molecule has 0 fully saturated rings. The molecule has 0 aromatic carbocycles. The predicted molar refractivity (Wildman–Crippen MR) is 54.7 cm³/mol. The third kappa shape index (κ3) is 3.97. The van der Waals surface area contributed by atoms with Gasteiger partial charge >= 0.3 is 0 Å². The lowest BCUT2D eigenvalue weighted by Gasteiger charge is -2.04. The smallest absolute Gasteiger partial charge is 0.156 e. The normalized spacial score (nSPS) is 16.4. The van der Waals surface area contributed by atoms with Crippen molar-refractivity contribution in [3.05, 3.63) is 0 Å². The summed E-state index contributed by atoms with van der Waals surface area (Å²) in [4.78, 5) is 4.31. The lowest BCUT2D eigenvalue weighted by Crippen LogP contribution is -2.89. The van der Waals surface area contributed by atoms with Crippen LogP contribution in [0.2, 0.25) is 0 Å². The zero-order valence-corrected chi connectivity index (χ0v) is 8.66. The van der Waals surface area contributed by atoms with Crippen LogP contribution in [-0.4, -0.2) is 36.6 Å². The van der Waals surface area contributed by atoms with Crippen LogP contribution in [0, 0.1) is 0 Å². The monoisotopic (exact) mass is 188 g/mol. The Hall–Kier alpha value is -0.220. The van der Waals surface area contributed by atoms with Crippen molar-refractivity contribution in [1.29, 1.82) is 0 Å². The Kier molecular flexibility index (Phi) is 4.46. The van der Waals surface area contributed by atoms with Crippen LogP contribution >= 0.6 is 11.8 Å². The van der Waals surface area contributed by atoms with Gasteiger partial charge in [-0.2, -0.15) is 0 Å². The maximum Gasteiger partial charge on any atom is 0.156 e. The average molecular weight is 188 g/mol. The highest BCUT2D eigenvalue weighted by atomic mass is 32.2. The molecule has 70 valence electrons. The van der Waals surface area contributed by atoms with Gasteiger partial charge in [0.2, 0.25) is 0 Å². The summed E-state index contributed by atoms with van der Waals surface area (Å²) in [6, 6.07) is 0.712. The van der Waals surface area contributed by atoms with Gasteiger partial charge in [0.1, 0.15) is 0 Å². The fraction of sp³-hybridized carbons (Fsp3) is 0.875. The van der Waals surface area contributed by atoms with Crippen LogP contribution in [0.3, 0.4) is 0 Å². The predicted octanol–water partition coefficient (Wildman–Crippen LogP) is -0.349. The summed E-state index contributed by atoms with van der Waals surface area (Å²) < 4.78 is 0. The number of nitrogens with one attached hydrogen (secondary N) is 1. The van der Waals surface area contributed by atoms with Crippen LogP contribution in [0.5, 0.6) is 0 Å². The molecule has 1 aliphatic heterocycles. The van der Waals surface area contributed by atoms with Gasteiger partial charge in [-0.25, -0.2) is 0 Å². The summed E-state index contributed by atoms with van der Waals surface area (Å²) >= 11 is 1.83. The zero-order valence-electron chi connectivity index (χ0n) is 7.84. The van der Waals surface area contributed by atoms with E-state index >= 15 is 0 Å². The van der Waals surface area contributed by atoms with E-state index in [0.29, 0.717) is 6.04 Å². The first kappa shape index (κ1) is 9.86. The van der Waals surface area contributed by atoms with Crippen molar-refractivity contribution in [3.8, 4) is 0 Å². The van der Waals surface area contributed by atoms with Gasteiger partial charge in [0.15, 0.2) is 5.17 Å². The van der Waals surface area contributed by atoms with E-state index in [0.717, 1.165) is 24.0 Å². The molecule has 1 rings (SSSR count). The number of quaternary nitrogens is 1. The Morgan fingerprint density at radius 1 is 1.67 bits per heavy atom. The zero-order chi connectivity index (χ0) is 8.81. The van der Waals surface area contributed by atoms with Crippen LogP contribution in [0.25, 0.3) is 0 Å². The molecule has 0 aliphatic carbocycles. The standard InChI is InChI=1S/C8H17N3S/c1-7(2)9-5-6-12-8-10-3-4-11-8/h7,9H,3-6H2,1-2H3,(H,10,11)/p+1. The van der Waals surface area contributed by atoms with Gasteiger partial charge < -0.3 is 10.6 Å². The van der Waals surface area contributed by atoms with Crippen molar-refractivity contribution in [1.82, 2.24) is 5.32 Å². The average Bonchev–Trinajstić information content (AvgIpc) is 2.49. The molecular weight excluding hydrogens is 170 g/mol. The molecule has 0 spiro atoms. The number of rotatable bonds is 4. The summed E-state index contributed by atoms with van der Waals surface area (Å²) in [5.41, 5.74) is 0.